The normalized spacial score (nSPS) is 13.4. The van der Waals surface area contributed by atoms with Crippen LogP contribution in [0, 0.1) is 6.92 Å². The molecule has 1 aliphatic rings. The van der Waals surface area contributed by atoms with Gasteiger partial charge in [0.25, 0.3) is 0 Å². The molecular weight excluding hydrogens is 404 g/mol. The van der Waals surface area contributed by atoms with Gasteiger partial charge in [-0.15, -0.1) is 0 Å². The predicted molar refractivity (Wildman–Crippen MR) is 124 cm³/mol. The zero-order chi connectivity index (χ0) is 22.7. The molecule has 0 radical (unpaired) electrons. The molecule has 0 spiro atoms. The summed E-state index contributed by atoms with van der Waals surface area (Å²) < 4.78 is 1.43. The Kier molecular flexibility index (Phi) is 6.25. The average molecular weight is 433 g/mol. The quantitative estimate of drug-likeness (QED) is 0.514. The van der Waals surface area contributed by atoms with E-state index in [-0.39, 0.29) is 23.6 Å². The van der Waals surface area contributed by atoms with Crippen LogP contribution in [0.2, 0.25) is 0 Å². The van der Waals surface area contributed by atoms with Gasteiger partial charge < -0.3 is 15.7 Å². The first-order valence-electron chi connectivity index (χ1n) is 11.0. The van der Waals surface area contributed by atoms with Gasteiger partial charge in [-0.1, -0.05) is 37.6 Å². The fourth-order valence-corrected chi connectivity index (χ4v) is 3.81. The van der Waals surface area contributed by atoms with E-state index in [9.17, 15) is 14.7 Å². The van der Waals surface area contributed by atoms with E-state index in [4.69, 9.17) is 0 Å². The summed E-state index contributed by atoms with van der Waals surface area (Å²) in [5.74, 6) is 0.161. The van der Waals surface area contributed by atoms with Gasteiger partial charge in [-0.25, -0.2) is 4.79 Å². The summed E-state index contributed by atoms with van der Waals surface area (Å²) in [6, 6.07) is 14.5. The van der Waals surface area contributed by atoms with Crippen molar-refractivity contribution in [2.75, 3.05) is 5.32 Å². The summed E-state index contributed by atoms with van der Waals surface area (Å²) in [5.41, 5.74) is 4.60. The molecule has 0 aliphatic heterocycles. The van der Waals surface area contributed by atoms with Crippen molar-refractivity contribution in [3.05, 3.63) is 65.4 Å². The highest BCUT2D eigenvalue weighted by atomic mass is 16.3. The Morgan fingerprint density at radius 1 is 1.16 bits per heavy atom. The van der Waals surface area contributed by atoms with Crippen LogP contribution >= 0.6 is 0 Å². The molecule has 7 heteroatoms. The lowest BCUT2D eigenvalue weighted by Crippen LogP contribution is -2.31. The maximum absolute atomic E-state index is 13.0. The number of hydrogen-bond acceptors (Lipinski definition) is 4. The van der Waals surface area contributed by atoms with Crippen LogP contribution in [-0.2, 0) is 11.3 Å². The third-order valence-electron chi connectivity index (χ3n) is 6.02. The first-order valence-corrected chi connectivity index (χ1v) is 11.0. The summed E-state index contributed by atoms with van der Waals surface area (Å²) in [6.07, 6.45) is 3.52. The molecule has 0 saturated heterocycles. The second kappa shape index (κ2) is 9.26. The molecule has 32 heavy (non-hydrogen) atoms. The Morgan fingerprint density at radius 3 is 2.59 bits per heavy atom. The molecule has 1 heterocycles. The molecule has 3 aromatic rings. The number of nitrogens with one attached hydrogen (secondary N) is 2. The molecule has 1 fully saturated rings. The van der Waals surface area contributed by atoms with Gasteiger partial charge in [0, 0.05) is 36.2 Å². The molecule has 166 valence electrons. The minimum absolute atomic E-state index is 0.00373. The number of aromatic hydroxyl groups is 1. The third kappa shape index (κ3) is 4.51. The lowest BCUT2D eigenvalue weighted by atomic mass is 9.82. The van der Waals surface area contributed by atoms with Gasteiger partial charge in [-0.2, -0.15) is 9.78 Å². The molecular formula is C25H28N4O3. The van der Waals surface area contributed by atoms with Crippen molar-refractivity contribution in [2.45, 2.75) is 52.0 Å². The first kappa shape index (κ1) is 21.6. The predicted octanol–water partition coefficient (Wildman–Crippen LogP) is 4.94. The lowest BCUT2D eigenvalue weighted by Gasteiger charge is -2.25. The minimum Gasteiger partial charge on any atom is -0.507 e. The molecule has 7 nitrogen and oxygen atoms in total. The summed E-state index contributed by atoms with van der Waals surface area (Å²) >= 11 is 0. The number of amides is 2. The van der Waals surface area contributed by atoms with Crippen LogP contribution in [0.15, 0.2) is 48.5 Å². The number of carbonyl (C=O) groups excluding carboxylic acids is 2. The monoisotopic (exact) mass is 432 g/mol. The Hall–Kier alpha value is -3.61. The molecule has 0 atom stereocenters. The molecule has 0 unspecified atom stereocenters. The van der Waals surface area contributed by atoms with E-state index in [1.54, 1.807) is 19.1 Å². The molecule has 3 N–H and O–H groups in total. The van der Waals surface area contributed by atoms with Crippen molar-refractivity contribution in [3.8, 4) is 17.0 Å². The maximum Gasteiger partial charge on any atom is 0.342 e. The number of carbonyl (C=O) groups is 2. The Balaban J connectivity index is 1.59. The van der Waals surface area contributed by atoms with E-state index in [2.05, 4.69) is 15.7 Å². The van der Waals surface area contributed by atoms with Crippen LogP contribution in [0.3, 0.4) is 0 Å². The average Bonchev–Trinajstić information content (AvgIpc) is 3.16. The summed E-state index contributed by atoms with van der Waals surface area (Å²) in [7, 11) is 0. The number of rotatable bonds is 6. The fraction of sp³-hybridized carbons (Fsp3) is 0.320. The largest absolute Gasteiger partial charge is 0.507 e. The van der Waals surface area contributed by atoms with Gasteiger partial charge in [-0.3, -0.25) is 4.79 Å². The SMILES string of the molecule is CCC(=O)Nc1ccc(-c2cc(C3CCC3)n(C(=O)NCc3ccccc3C)n2)c(O)c1. The minimum atomic E-state index is -0.285. The van der Waals surface area contributed by atoms with Crippen LogP contribution in [0.25, 0.3) is 11.3 Å². The number of benzene rings is 2. The Labute approximate surface area is 187 Å². The maximum atomic E-state index is 13.0. The zero-order valence-electron chi connectivity index (χ0n) is 18.4. The second-order valence-electron chi connectivity index (χ2n) is 8.21. The Morgan fingerprint density at radius 2 is 1.94 bits per heavy atom. The molecule has 2 aromatic carbocycles. The molecule has 2 amide bonds. The van der Waals surface area contributed by atoms with E-state index in [0.29, 0.717) is 29.9 Å². The summed E-state index contributed by atoms with van der Waals surface area (Å²) in [4.78, 5) is 24.6. The van der Waals surface area contributed by atoms with Crippen molar-refractivity contribution in [2.24, 2.45) is 0 Å². The summed E-state index contributed by atoms with van der Waals surface area (Å²) in [6.45, 7) is 4.20. The number of phenolic OH excluding ortho intramolecular Hbond substituents is 1. The first-order chi connectivity index (χ1) is 15.5. The lowest BCUT2D eigenvalue weighted by molar-refractivity contribution is -0.115. The van der Waals surface area contributed by atoms with E-state index < -0.39 is 0 Å². The van der Waals surface area contributed by atoms with Crippen LogP contribution in [-0.4, -0.2) is 26.8 Å². The number of hydrogen-bond donors (Lipinski definition) is 3. The molecule has 1 aliphatic carbocycles. The van der Waals surface area contributed by atoms with Gasteiger partial charge in [-0.05, 0) is 49.1 Å². The Bertz CT molecular complexity index is 1150. The van der Waals surface area contributed by atoms with Crippen LogP contribution in [0.4, 0.5) is 10.5 Å². The smallest absolute Gasteiger partial charge is 0.342 e. The van der Waals surface area contributed by atoms with Crippen LogP contribution in [0.5, 0.6) is 5.75 Å². The highest BCUT2D eigenvalue weighted by Gasteiger charge is 2.27. The number of anilines is 1. The van der Waals surface area contributed by atoms with E-state index >= 15 is 0 Å². The van der Waals surface area contributed by atoms with E-state index in [1.807, 2.05) is 37.3 Å². The zero-order valence-corrected chi connectivity index (χ0v) is 18.4. The third-order valence-corrected chi connectivity index (χ3v) is 6.02. The highest BCUT2D eigenvalue weighted by Crippen LogP contribution is 2.39. The van der Waals surface area contributed by atoms with Crippen molar-refractivity contribution in [1.82, 2.24) is 15.1 Å². The number of aromatic nitrogens is 2. The summed E-state index contributed by atoms with van der Waals surface area (Å²) in [5, 5.41) is 20.8. The van der Waals surface area contributed by atoms with Crippen molar-refractivity contribution in [1.29, 1.82) is 0 Å². The van der Waals surface area contributed by atoms with Crippen molar-refractivity contribution >= 4 is 17.6 Å². The van der Waals surface area contributed by atoms with Gasteiger partial charge in [0.05, 0.1) is 11.4 Å². The number of aryl methyl sites for hydroxylation is 1. The topological polar surface area (TPSA) is 96.3 Å². The number of phenols is 1. The standard InChI is InChI=1S/C25H28N4O3/c1-3-24(31)27-19-11-12-20(23(30)13-19)21-14-22(17-9-6-10-17)29(28-21)25(32)26-15-18-8-5-4-7-16(18)2/h4-5,7-8,11-14,17,30H,3,6,9-10,15H2,1-2H3,(H,26,32)(H,27,31). The van der Waals surface area contributed by atoms with Gasteiger partial charge in [0.1, 0.15) is 5.75 Å². The van der Waals surface area contributed by atoms with Gasteiger partial charge in [0.15, 0.2) is 0 Å². The second-order valence-corrected chi connectivity index (χ2v) is 8.21. The van der Waals surface area contributed by atoms with Crippen LogP contribution < -0.4 is 10.6 Å². The molecule has 0 bridgehead atoms. The van der Waals surface area contributed by atoms with Gasteiger partial charge in [0.2, 0.25) is 5.91 Å². The van der Waals surface area contributed by atoms with E-state index in [1.165, 1.54) is 10.7 Å². The number of nitrogens with zero attached hydrogens (tertiary/aromatic N) is 2. The van der Waals surface area contributed by atoms with E-state index in [0.717, 1.165) is 36.1 Å². The highest BCUT2D eigenvalue weighted by molar-refractivity contribution is 5.91. The van der Waals surface area contributed by atoms with Gasteiger partial charge >= 0.3 is 6.03 Å². The van der Waals surface area contributed by atoms with Crippen LogP contribution in [0.1, 0.15) is 55.3 Å². The molecule has 4 rings (SSSR count). The van der Waals surface area contributed by atoms with Crippen molar-refractivity contribution < 1.29 is 14.7 Å². The fourth-order valence-electron chi connectivity index (χ4n) is 3.81. The molecule has 1 aromatic heterocycles. The van der Waals surface area contributed by atoms with Crippen molar-refractivity contribution in [3.63, 3.8) is 0 Å². The molecule has 1 saturated carbocycles.